The first-order valence-corrected chi connectivity index (χ1v) is 5.74. The monoisotopic (exact) mass is 272 g/mol. The highest BCUT2D eigenvalue weighted by Gasteiger charge is 2.10. The largest absolute Gasteiger partial charge is 0.508 e. The number of phenols is 4. The van der Waals surface area contributed by atoms with Gasteiger partial charge < -0.3 is 20.4 Å². The molecule has 4 N–H and O–H groups in total. The maximum Gasteiger partial charge on any atom is 0.189 e. The number of carbonyl (C=O) groups is 1. The molecule has 0 saturated carbocycles. The minimum absolute atomic E-state index is 0.00830. The third-order valence-corrected chi connectivity index (χ3v) is 2.71. The number of aromatic hydroxyl groups is 4. The summed E-state index contributed by atoms with van der Waals surface area (Å²) in [5, 5.41) is 37.8. The number of rotatable bonds is 3. The van der Waals surface area contributed by atoms with Crippen LogP contribution in [-0.4, -0.2) is 26.2 Å². The van der Waals surface area contributed by atoms with Crippen molar-refractivity contribution < 1.29 is 25.2 Å². The van der Waals surface area contributed by atoms with Crippen molar-refractivity contribution in [2.24, 2.45) is 0 Å². The topological polar surface area (TPSA) is 98.0 Å². The van der Waals surface area contributed by atoms with Crippen molar-refractivity contribution in [3.05, 3.63) is 53.6 Å². The molecule has 0 bridgehead atoms. The van der Waals surface area contributed by atoms with E-state index in [0.717, 1.165) is 12.1 Å². The summed E-state index contributed by atoms with van der Waals surface area (Å²) in [6.45, 7) is 0. The van der Waals surface area contributed by atoms with Crippen molar-refractivity contribution in [3.63, 3.8) is 0 Å². The van der Waals surface area contributed by atoms with Crippen LogP contribution in [0.5, 0.6) is 23.0 Å². The van der Waals surface area contributed by atoms with Crippen molar-refractivity contribution >= 4 is 11.9 Å². The molecule has 5 nitrogen and oxygen atoms in total. The summed E-state index contributed by atoms with van der Waals surface area (Å²) in [6, 6.07) is 7.83. The van der Waals surface area contributed by atoms with Gasteiger partial charge in [0.25, 0.3) is 0 Å². The van der Waals surface area contributed by atoms with Gasteiger partial charge in [-0.3, -0.25) is 4.79 Å². The second kappa shape index (κ2) is 5.36. The van der Waals surface area contributed by atoms with Crippen molar-refractivity contribution in [2.45, 2.75) is 0 Å². The van der Waals surface area contributed by atoms with Gasteiger partial charge in [0.05, 0.1) is 11.1 Å². The van der Waals surface area contributed by atoms with Gasteiger partial charge in [0.15, 0.2) is 5.78 Å². The fourth-order valence-corrected chi connectivity index (χ4v) is 1.69. The van der Waals surface area contributed by atoms with Crippen LogP contribution in [0.25, 0.3) is 6.08 Å². The summed E-state index contributed by atoms with van der Waals surface area (Å²) >= 11 is 0. The highest BCUT2D eigenvalue weighted by molar-refractivity contribution is 6.08. The second-order valence-corrected chi connectivity index (χ2v) is 4.11. The summed E-state index contributed by atoms with van der Waals surface area (Å²) in [7, 11) is 0. The molecule has 20 heavy (non-hydrogen) atoms. The minimum Gasteiger partial charge on any atom is -0.508 e. The molecule has 0 aliphatic rings. The molecular weight excluding hydrogens is 260 g/mol. The van der Waals surface area contributed by atoms with E-state index in [1.54, 1.807) is 0 Å². The van der Waals surface area contributed by atoms with Crippen LogP contribution >= 0.6 is 0 Å². The highest BCUT2D eigenvalue weighted by Crippen LogP contribution is 2.28. The van der Waals surface area contributed by atoms with Crippen LogP contribution in [0.2, 0.25) is 0 Å². The van der Waals surface area contributed by atoms with Gasteiger partial charge in [-0.05, 0) is 36.4 Å². The van der Waals surface area contributed by atoms with Crippen LogP contribution in [-0.2, 0) is 0 Å². The molecule has 0 amide bonds. The Bertz CT molecular complexity index is 668. The molecule has 0 heterocycles. The van der Waals surface area contributed by atoms with Crippen LogP contribution in [0, 0.1) is 0 Å². The Morgan fingerprint density at radius 2 is 1.55 bits per heavy atom. The van der Waals surface area contributed by atoms with E-state index in [-0.39, 0.29) is 34.1 Å². The number of phenolic OH excluding ortho intramolecular Hbond substituents is 4. The van der Waals surface area contributed by atoms with E-state index in [1.807, 2.05) is 0 Å². The van der Waals surface area contributed by atoms with Gasteiger partial charge in [0.1, 0.15) is 23.0 Å². The molecule has 0 aliphatic carbocycles. The first kappa shape index (κ1) is 13.5. The first-order chi connectivity index (χ1) is 9.49. The first-order valence-electron chi connectivity index (χ1n) is 5.74. The van der Waals surface area contributed by atoms with E-state index in [9.17, 15) is 20.1 Å². The fraction of sp³-hybridized carbons (Fsp3) is 0. The van der Waals surface area contributed by atoms with E-state index in [2.05, 4.69) is 0 Å². The molecular formula is C15H12O5. The number of hydrogen-bond donors (Lipinski definition) is 4. The highest BCUT2D eigenvalue weighted by atomic mass is 16.3. The molecule has 0 saturated heterocycles. The van der Waals surface area contributed by atoms with Crippen LogP contribution in [0.15, 0.2) is 42.5 Å². The lowest BCUT2D eigenvalue weighted by molar-refractivity contribution is 0.104. The van der Waals surface area contributed by atoms with Gasteiger partial charge in [-0.25, -0.2) is 0 Å². The van der Waals surface area contributed by atoms with E-state index in [1.165, 1.54) is 36.4 Å². The number of benzene rings is 2. The Morgan fingerprint density at radius 3 is 2.15 bits per heavy atom. The summed E-state index contributed by atoms with van der Waals surface area (Å²) in [5.41, 5.74) is 0.119. The standard InChI is InChI=1S/C15H12O5/c16-9-4-5-11(15(20)8-9)14(19)7-6-10-12(17)2-1-3-13(10)18/h1-8,16-18,20H/b7-6+. The zero-order chi connectivity index (χ0) is 14.7. The lowest BCUT2D eigenvalue weighted by Crippen LogP contribution is -1.94. The zero-order valence-corrected chi connectivity index (χ0v) is 10.3. The van der Waals surface area contributed by atoms with Gasteiger partial charge in [-0.1, -0.05) is 6.07 Å². The van der Waals surface area contributed by atoms with Crippen LogP contribution in [0.4, 0.5) is 0 Å². The van der Waals surface area contributed by atoms with Gasteiger partial charge in [-0.15, -0.1) is 0 Å². The summed E-state index contributed by atoms with van der Waals surface area (Å²) < 4.78 is 0. The minimum atomic E-state index is -0.523. The summed E-state index contributed by atoms with van der Waals surface area (Å²) in [5.74, 6) is -1.35. The summed E-state index contributed by atoms with van der Waals surface area (Å²) in [4.78, 5) is 11.9. The Balaban J connectivity index is 2.30. The van der Waals surface area contributed by atoms with Crippen molar-refractivity contribution in [3.8, 4) is 23.0 Å². The maximum atomic E-state index is 11.9. The third kappa shape index (κ3) is 2.72. The van der Waals surface area contributed by atoms with Crippen LogP contribution < -0.4 is 0 Å². The van der Waals surface area contributed by atoms with Crippen LogP contribution in [0.3, 0.4) is 0 Å². The molecule has 2 aromatic carbocycles. The van der Waals surface area contributed by atoms with Crippen molar-refractivity contribution in [1.82, 2.24) is 0 Å². The molecule has 5 heteroatoms. The predicted molar refractivity (Wildman–Crippen MR) is 72.9 cm³/mol. The fourth-order valence-electron chi connectivity index (χ4n) is 1.69. The van der Waals surface area contributed by atoms with Gasteiger partial charge >= 0.3 is 0 Å². The molecule has 0 fully saturated rings. The number of hydrogen-bond acceptors (Lipinski definition) is 5. The molecule has 102 valence electrons. The second-order valence-electron chi connectivity index (χ2n) is 4.11. The average Bonchev–Trinajstić information content (AvgIpc) is 2.37. The van der Waals surface area contributed by atoms with E-state index in [0.29, 0.717) is 0 Å². The zero-order valence-electron chi connectivity index (χ0n) is 10.3. The molecule has 0 unspecified atom stereocenters. The lowest BCUT2D eigenvalue weighted by Gasteiger charge is -2.03. The normalized spacial score (nSPS) is 10.8. The number of ketones is 1. The molecule has 2 rings (SSSR count). The average molecular weight is 272 g/mol. The smallest absolute Gasteiger partial charge is 0.189 e. The van der Waals surface area contributed by atoms with E-state index in [4.69, 9.17) is 5.11 Å². The van der Waals surface area contributed by atoms with Crippen molar-refractivity contribution in [2.75, 3.05) is 0 Å². The lowest BCUT2D eigenvalue weighted by atomic mass is 10.1. The molecule has 0 aromatic heterocycles. The van der Waals surface area contributed by atoms with E-state index < -0.39 is 5.78 Å². The molecule has 0 aliphatic heterocycles. The van der Waals surface area contributed by atoms with Crippen molar-refractivity contribution in [1.29, 1.82) is 0 Å². The predicted octanol–water partition coefficient (Wildman–Crippen LogP) is 2.41. The Morgan fingerprint density at radius 1 is 0.900 bits per heavy atom. The number of allylic oxidation sites excluding steroid dienone is 1. The molecule has 0 atom stereocenters. The van der Waals surface area contributed by atoms with Crippen LogP contribution in [0.1, 0.15) is 15.9 Å². The summed E-state index contributed by atoms with van der Waals surface area (Å²) in [6.07, 6.45) is 2.36. The van der Waals surface area contributed by atoms with E-state index >= 15 is 0 Å². The Hall–Kier alpha value is -2.95. The molecule has 0 spiro atoms. The molecule has 2 aromatic rings. The Labute approximate surface area is 114 Å². The van der Waals surface area contributed by atoms with Gasteiger partial charge in [0, 0.05) is 6.07 Å². The van der Waals surface area contributed by atoms with Gasteiger partial charge in [0.2, 0.25) is 0 Å². The third-order valence-electron chi connectivity index (χ3n) is 2.71. The maximum absolute atomic E-state index is 11.9. The SMILES string of the molecule is O=C(/C=C/c1c(O)cccc1O)c1ccc(O)cc1O. The Kier molecular flexibility index (Phi) is 3.61. The quantitative estimate of drug-likeness (QED) is 0.508. The number of carbonyl (C=O) groups excluding carboxylic acids is 1. The molecule has 0 radical (unpaired) electrons. The van der Waals surface area contributed by atoms with Gasteiger partial charge in [-0.2, -0.15) is 0 Å².